The third-order valence-corrected chi connectivity index (χ3v) is 6.61. The van der Waals surface area contributed by atoms with E-state index in [0.29, 0.717) is 16.5 Å². The summed E-state index contributed by atoms with van der Waals surface area (Å²) in [5, 5.41) is 10.1. The van der Waals surface area contributed by atoms with E-state index in [4.69, 9.17) is 25.5 Å². The number of halogens is 2. The Labute approximate surface area is 206 Å². The van der Waals surface area contributed by atoms with Gasteiger partial charge in [0.25, 0.3) is 15.9 Å². The number of ether oxygens (including phenoxy) is 2. The molecule has 0 aliphatic rings. The van der Waals surface area contributed by atoms with Gasteiger partial charge in [-0.1, -0.05) is 29.8 Å². The second-order valence-corrected chi connectivity index (χ2v) is 9.11. The zero-order chi connectivity index (χ0) is 23.8. The Morgan fingerprint density at radius 1 is 1.09 bits per heavy atom. The summed E-state index contributed by atoms with van der Waals surface area (Å²) in [5.74, 6) is -0.421. The van der Waals surface area contributed by atoms with Gasteiger partial charge in [0.2, 0.25) is 5.75 Å². The molecule has 1 heterocycles. The summed E-state index contributed by atoms with van der Waals surface area (Å²) in [7, 11) is -2.66. The Hall–Kier alpha value is -3.40. The molecule has 8 nitrogen and oxygen atoms in total. The molecular formula is C23H19Cl2NO7S. The summed E-state index contributed by atoms with van der Waals surface area (Å²) in [5.41, 5.74) is 0.948. The largest absolute Gasteiger partial charge is 0.506 e. The summed E-state index contributed by atoms with van der Waals surface area (Å²) in [6, 6.07) is 15.0. The number of amides is 1. The normalized spacial score (nSPS) is 11.0. The molecule has 0 aliphatic carbocycles. The van der Waals surface area contributed by atoms with Crippen LogP contribution in [0.15, 0.2) is 70.0 Å². The first-order chi connectivity index (χ1) is 15.7. The average molecular weight is 524 g/mol. The summed E-state index contributed by atoms with van der Waals surface area (Å²) >= 11 is 5.91. The molecule has 178 valence electrons. The van der Waals surface area contributed by atoms with Gasteiger partial charge in [-0.15, -0.1) is 12.4 Å². The first kappa shape index (κ1) is 25.2. The molecule has 0 bridgehead atoms. The van der Waals surface area contributed by atoms with Gasteiger partial charge in [0.05, 0.1) is 22.4 Å². The van der Waals surface area contributed by atoms with Gasteiger partial charge in [0, 0.05) is 11.6 Å². The van der Waals surface area contributed by atoms with Gasteiger partial charge in [-0.3, -0.25) is 4.79 Å². The van der Waals surface area contributed by atoms with Crippen molar-refractivity contribution in [2.75, 3.05) is 7.11 Å². The van der Waals surface area contributed by atoms with Gasteiger partial charge in [-0.2, -0.15) is 0 Å². The second-order valence-electron chi connectivity index (χ2n) is 7.05. The van der Waals surface area contributed by atoms with Crippen molar-refractivity contribution in [2.24, 2.45) is 0 Å². The Morgan fingerprint density at radius 2 is 1.82 bits per heavy atom. The molecule has 0 aliphatic heterocycles. The number of rotatable bonds is 6. The van der Waals surface area contributed by atoms with Crippen molar-refractivity contribution in [3.05, 3.63) is 76.8 Å². The van der Waals surface area contributed by atoms with Crippen LogP contribution in [0.1, 0.15) is 15.9 Å². The maximum absolute atomic E-state index is 12.7. The minimum absolute atomic E-state index is 0. The average Bonchev–Trinajstić information content (AvgIpc) is 3.12. The van der Waals surface area contributed by atoms with Crippen molar-refractivity contribution in [1.82, 2.24) is 4.72 Å². The van der Waals surface area contributed by atoms with E-state index in [0.717, 1.165) is 0 Å². The number of aromatic hydroxyl groups is 1. The molecule has 0 unspecified atom stereocenters. The fraction of sp³-hybridized carbons (Fsp3) is 0.0870. The lowest BCUT2D eigenvalue weighted by atomic mass is 10.1. The monoisotopic (exact) mass is 523 g/mol. The molecule has 0 fully saturated rings. The number of nitrogens with one attached hydrogen (secondary N) is 1. The lowest BCUT2D eigenvalue weighted by Gasteiger charge is -2.09. The third kappa shape index (κ3) is 4.91. The van der Waals surface area contributed by atoms with E-state index in [2.05, 4.69) is 4.72 Å². The first-order valence-corrected chi connectivity index (χ1v) is 11.5. The van der Waals surface area contributed by atoms with Crippen LogP contribution >= 0.6 is 24.0 Å². The fourth-order valence-corrected chi connectivity index (χ4v) is 4.60. The van der Waals surface area contributed by atoms with Crippen molar-refractivity contribution >= 4 is 50.9 Å². The predicted molar refractivity (Wildman–Crippen MR) is 129 cm³/mol. The Bertz CT molecular complexity index is 1480. The maximum atomic E-state index is 12.7. The first-order valence-electron chi connectivity index (χ1n) is 9.59. The van der Waals surface area contributed by atoms with Crippen LogP contribution in [-0.2, 0) is 10.0 Å². The van der Waals surface area contributed by atoms with Gasteiger partial charge in [-0.25, -0.2) is 13.1 Å². The van der Waals surface area contributed by atoms with Gasteiger partial charge in [0.15, 0.2) is 0 Å². The molecule has 4 rings (SSSR count). The van der Waals surface area contributed by atoms with Crippen molar-refractivity contribution < 1.29 is 32.2 Å². The highest BCUT2D eigenvalue weighted by molar-refractivity contribution is 7.90. The van der Waals surface area contributed by atoms with Crippen molar-refractivity contribution in [3.63, 3.8) is 0 Å². The van der Waals surface area contributed by atoms with E-state index < -0.39 is 15.9 Å². The molecule has 0 saturated heterocycles. The van der Waals surface area contributed by atoms with Gasteiger partial charge in [0.1, 0.15) is 17.1 Å². The van der Waals surface area contributed by atoms with Crippen LogP contribution in [0.4, 0.5) is 0 Å². The van der Waals surface area contributed by atoms with Crippen LogP contribution in [0.5, 0.6) is 23.2 Å². The number of methoxy groups -OCH3 is 1. The van der Waals surface area contributed by atoms with Crippen LogP contribution < -0.4 is 14.2 Å². The van der Waals surface area contributed by atoms with E-state index in [1.54, 1.807) is 25.1 Å². The number of phenols is 1. The Kier molecular flexibility index (Phi) is 7.30. The number of carbonyl (C=O) groups excluding carboxylic acids is 1. The van der Waals surface area contributed by atoms with Crippen molar-refractivity contribution in [2.45, 2.75) is 11.8 Å². The van der Waals surface area contributed by atoms with E-state index in [9.17, 15) is 18.3 Å². The van der Waals surface area contributed by atoms with Crippen molar-refractivity contribution in [3.8, 4) is 23.2 Å². The summed E-state index contributed by atoms with van der Waals surface area (Å²) in [6.07, 6.45) is 0. The highest BCUT2D eigenvalue weighted by Crippen LogP contribution is 2.42. The predicted octanol–water partition coefficient (Wildman–Crippen LogP) is 5.44. The lowest BCUT2D eigenvalue weighted by Crippen LogP contribution is -2.31. The van der Waals surface area contributed by atoms with Crippen LogP contribution in [-0.4, -0.2) is 26.5 Å². The molecular weight excluding hydrogens is 505 g/mol. The quantitative estimate of drug-likeness (QED) is 0.345. The zero-order valence-corrected chi connectivity index (χ0v) is 20.3. The van der Waals surface area contributed by atoms with Crippen LogP contribution in [0.2, 0.25) is 5.02 Å². The zero-order valence-electron chi connectivity index (χ0n) is 17.9. The van der Waals surface area contributed by atoms with Gasteiger partial charge in [-0.05, 0) is 48.9 Å². The molecule has 34 heavy (non-hydrogen) atoms. The fourth-order valence-electron chi connectivity index (χ4n) is 3.21. The van der Waals surface area contributed by atoms with E-state index in [-0.39, 0.29) is 51.1 Å². The van der Waals surface area contributed by atoms with E-state index >= 15 is 0 Å². The lowest BCUT2D eigenvalue weighted by molar-refractivity contribution is 0.0981. The molecule has 11 heteroatoms. The van der Waals surface area contributed by atoms with Crippen LogP contribution in [0.25, 0.3) is 11.0 Å². The number of sulfonamides is 1. The number of hydrogen-bond donors (Lipinski definition) is 2. The van der Waals surface area contributed by atoms with Crippen LogP contribution in [0.3, 0.4) is 0 Å². The highest BCUT2D eigenvalue weighted by Gasteiger charge is 2.23. The van der Waals surface area contributed by atoms with E-state index in [1.807, 2.05) is 0 Å². The van der Waals surface area contributed by atoms with Crippen LogP contribution in [0, 0.1) is 6.92 Å². The summed E-state index contributed by atoms with van der Waals surface area (Å²) in [6.45, 7) is 1.64. The summed E-state index contributed by atoms with van der Waals surface area (Å²) < 4.78 is 44.2. The molecule has 0 saturated carbocycles. The summed E-state index contributed by atoms with van der Waals surface area (Å²) in [4.78, 5) is 12.7. The molecule has 1 aromatic heterocycles. The Morgan fingerprint density at radius 3 is 2.50 bits per heavy atom. The number of benzene rings is 3. The minimum Gasteiger partial charge on any atom is -0.506 e. The van der Waals surface area contributed by atoms with Crippen molar-refractivity contribution in [1.29, 1.82) is 0 Å². The maximum Gasteiger partial charge on any atom is 0.335 e. The van der Waals surface area contributed by atoms with Gasteiger partial charge < -0.3 is 19.0 Å². The Balaban J connectivity index is 0.00000324. The topological polar surface area (TPSA) is 115 Å². The third-order valence-electron chi connectivity index (χ3n) is 4.82. The molecule has 0 spiro atoms. The minimum atomic E-state index is -4.06. The van der Waals surface area contributed by atoms with Gasteiger partial charge >= 0.3 is 5.95 Å². The number of furan rings is 1. The number of hydrogen-bond acceptors (Lipinski definition) is 7. The number of fused-ring (bicyclic) bond motifs is 1. The molecule has 2 N–H and O–H groups in total. The highest BCUT2D eigenvalue weighted by atomic mass is 35.5. The standard InChI is InChI=1S/C23H18ClNO7S.ClH/c1-13-5-3-4-6-20(13)33(28,29)25-22(27)14-7-10-19-16(11-14)21(30-2)23(32-19)31-15-8-9-18(26)17(24)12-15;/h3-12,26H,1-2H3,(H,25,27);1H. The number of aryl methyl sites for hydroxylation is 1. The number of phenolic OH excluding ortho intramolecular Hbond substituents is 1. The molecule has 3 aromatic carbocycles. The second kappa shape index (κ2) is 9.84. The molecule has 0 radical (unpaired) electrons. The number of carbonyl (C=O) groups is 1. The SMILES string of the molecule is COc1c(Oc2ccc(O)c(Cl)c2)oc2ccc(C(=O)NS(=O)(=O)c3ccccc3C)cc12.Cl. The smallest absolute Gasteiger partial charge is 0.335 e. The van der Waals surface area contributed by atoms with E-state index in [1.165, 1.54) is 49.6 Å². The molecule has 0 atom stereocenters. The molecule has 4 aromatic rings. The molecule has 1 amide bonds.